The van der Waals surface area contributed by atoms with Gasteiger partial charge in [0.15, 0.2) is 3.79 Å². The SMILES string of the molecule is CCCC[C@H](Cl)CC(Cl)(Cl)Cl. The smallest absolute Gasteiger partial charge is 0.123 e. The molecule has 0 amide bonds. The van der Waals surface area contributed by atoms with Gasteiger partial charge in [0.1, 0.15) is 0 Å². The van der Waals surface area contributed by atoms with Crippen molar-refractivity contribution in [1.82, 2.24) is 0 Å². The monoisotopic (exact) mass is 236 g/mol. The van der Waals surface area contributed by atoms with E-state index in [4.69, 9.17) is 46.4 Å². The summed E-state index contributed by atoms with van der Waals surface area (Å²) in [6.07, 6.45) is 3.57. The first kappa shape index (κ1) is 12.2. The minimum absolute atomic E-state index is 0.0116. The van der Waals surface area contributed by atoms with Gasteiger partial charge in [0.2, 0.25) is 0 Å². The van der Waals surface area contributed by atoms with Crippen LogP contribution < -0.4 is 0 Å². The van der Waals surface area contributed by atoms with Crippen molar-refractivity contribution in [3.63, 3.8) is 0 Å². The van der Waals surface area contributed by atoms with Crippen LogP contribution in [0, 0.1) is 0 Å². The molecule has 0 aromatic heterocycles. The molecule has 0 spiro atoms. The summed E-state index contributed by atoms with van der Waals surface area (Å²) in [6.45, 7) is 2.11. The van der Waals surface area contributed by atoms with Crippen molar-refractivity contribution in [2.24, 2.45) is 0 Å². The molecule has 11 heavy (non-hydrogen) atoms. The van der Waals surface area contributed by atoms with Gasteiger partial charge in [-0.1, -0.05) is 54.6 Å². The second-order valence-corrected chi connectivity index (χ2v) is 5.69. The minimum atomic E-state index is -1.19. The fourth-order valence-corrected chi connectivity index (χ4v) is 1.96. The topological polar surface area (TPSA) is 0 Å². The van der Waals surface area contributed by atoms with Crippen molar-refractivity contribution in [2.45, 2.75) is 41.8 Å². The molecule has 68 valence electrons. The van der Waals surface area contributed by atoms with Crippen molar-refractivity contribution in [3.05, 3.63) is 0 Å². The Labute approximate surface area is 88.1 Å². The van der Waals surface area contributed by atoms with E-state index in [2.05, 4.69) is 6.92 Å². The van der Waals surface area contributed by atoms with Crippen LogP contribution >= 0.6 is 46.4 Å². The molecule has 0 unspecified atom stereocenters. The third-order valence-corrected chi connectivity index (χ3v) is 2.16. The summed E-state index contributed by atoms with van der Waals surface area (Å²) in [5.74, 6) is 0. The van der Waals surface area contributed by atoms with Crippen LogP contribution in [0.1, 0.15) is 32.6 Å². The largest absolute Gasteiger partial charge is 0.192 e. The van der Waals surface area contributed by atoms with Crippen molar-refractivity contribution < 1.29 is 0 Å². The van der Waals surface area contributed by atoms with Crippen LogP contribution in [-0.4, -0.2) is 9.17 Å². The number of hydrogen-bond donors (Lipinski definition) is 0. The lowest BCUT2D eigenvalue weighted by Gasteiger charge is -2.14. The van der Waals surface area contributed by atoms with Crippen LogP contribution in [0.25, 0.3) is 0 Å². The van der Waals surface area contributed by atoms with Crippen molar-refractivity contribution in [2.75, 3.05) is 0 Å². The molecule has 0 heterocycles. The Bertz CT molecular complexity index is 97.1. The predicted molar refractivity (Wildman–Crippen MR) is 54.1 cm³/mol. The van der Waals surface area contributed by atoms with Gasteiger partial charge < -0.3 is 0 Å². The van der Waals surface area contributed by atoms with Gasteiger partial charge in [-0.25, -0.2) is 0 Å². The van der Waals surface area contributed by atoms with Crippen molar-refractivity contribution >= 4 is 46.4 Å². The van der Waals surface area contributed by atoms with Gasteiger partial charge in [0.05, 0.1) is 0 Å². The lowest BCUT2D eigenvalue weighted by molar-refractivity contribution is 0.647. The highest BCUT2D eigenvalue weighted by molar-refractivity contribution is 6.67. The molecule has 0 aromatic carbocycles. The Balaban J connectivity index is 3.44. The molecule has 0 aliphatic heterocycles. The average molecular weight is 238 g/mol. The van der Waals surface area contributed by atoms with E-state index >= 15 is 0 Å². The number of alkyl halides is 4. The minimum Gasteiger partial charge on any atom is -0.123 e. The Morgan fingerprint density at radius 1 is 1.27 bits per heavy atom. The maximum absolute atomic E-state index is 5.89. The van der Waals surface area contributed by atoms with Crippen molar-refractivity contribution in [3.8, 4) is 0 Å². The zero-order chi connectivity index (χ0) is 8.91. The molecule has 4 heteroatoms. The van der Waals surface area contributed by atoms with Gasteiger partial charge in [0, 0.05) is 11.8 Å². The highest BCUT2D eigenvalue weighted by Gasteiger charge is 2.23. The van der Waals surface area contributed by atoms with Crippen LogP contribution in [0.5, 0.6) is 0 Å². The molecular weight excluding hydrogens is 226 g/mol. The number of hydrogen-bond acceptors (Lipinski definition) is 0. The summed E-state index contributed by atoms with van der Waals surface area (Å²) in [5, 5.41) is -0.0116. The van der Waals surface area contributed by atoms with E-state index in [0.29, 0.717) is 6.42 Å². The average Bonchev–Trinajstić information content (AvgIpc) is 1.79. The third kappa shape index (κ3) is 9.07. The molecule has 0 rings (SSSR count). The fraction of sp³-hybridized carbons (Fsp3) is 1.00. The molecule has 0 aromatic rings. The molecular formula is C7H12Cl4. The van der Waals surface area contributed by atoms with E-state index in [1.54, 1.807) is 0 Å². The Morgan fingerprint density at radius 2 is 1.82 bits per heavy atom. The Kier molecular flexibility index (Phi) is 6.35. The summed E-state index contributed by atoms with van der Waals surface area (Å²) in [5.41, 5.74) is 0. The van der Waals surface area contributed by atoms with Gasteiger partial charge >= 0.3 is 0 Å². The van der Waals surface area contributed by atoms with E-state index in [-0.39, 0.29) is 5.38 Å². The third-order valence-electron chi connectivity index (χ3n) is 1.32. The molecule has 0 N–H and O–H groups in total. The lowest BCUT2D eigenvalue weighted by Crippen LogP contribution is -2.11. The molecule has 1 atom stereocenters. The molecule has 0 fully saturated rings. The first-order chi connectivity index (χ1) is 4.95. The van der Waals surface area contributed by atoms with E-state index in [1.807, 2.05) is 0 Å². The number of rotatable bonds is 4. The summed E-state index contributed by atoms with van der Waals surface area (Å²) >= 11 is 22.6. The zero-order valence-corrected chi connectivity index (χ0v) is 9.44. The number of unbranched alkanes of at least 4 members (excludes halogenated alkanes) is 1. The highest BCUT2D eigenvalue weighted by atomic mass is 35.6. The molecule has 0 aliphatic rings. The van der Waals surface area contributed by atoms with Gasteiger partial charge in [-0.05, 0) is 6.42 Å². The van der Waals surface area contributed by atoms with Crippen LogP contribution in [0.15, 0.2) is 0 Å². The normalized spacial score (nSPS) is 15.0. The maximum Gasteiger partial charge on any atom is 0.192 e. The molecule has 0 saturated carbocycles. The molecule has 0 nitrogen and oxygen atoms in total. The zero-order valence-electron chi connectivity index (χ0n) is 6.42. The second-order valence-electron chi connectivity index (χ2n) is 2.56. The van der Waals surface area contributed by atoms with Crippen LogP contribution in [0.3, 0.4) is 0 Å². The first-order valence-electron chi connectivity index (χ1n) is 3.66. The van der Waals surface area contributed by atoms with Crippen molar-refractivity contribution in [1.29, 1.82) is 0 Å². The van der Waals surface area contributed by atoms with Gasteiger partial charge in [-0.3, -0.25) is 0 Å². The van der Waals surface area contributed by atoms with Gasteiger partial charge in [-0.15, -0.1) is 11.6 Å². The summed E-state index contributed by atoms with van der Waals surface area (Å²) < 4.78 is -1.19. The summed E-state index contributed by atoms with van der Waals surface area (Å²) in [4.78, 5) is 0. The van der Waals surface area contributed by atoms with E-state index in [1.165, 1.54) is 0 Å². The van der Waals surface area contributed by atoms with Crippen LogP contribution in [0.4, 0.5) is 0 Å². The highest BCUT2D eigenvalue weighted by Crippen LogP contribution is 2.34. The van der Waals surface area contributed by atoms with E-state index in [9.17, 15) is 0 Å². The molecule has 0 radical (unpaired) electrons. The fourth-order valence-electron chi connectivity index (χ4n) is 0.779. The Morgan fingerprint density at radius 3 is 2.18 bits per heavy atom. The first-order valence-corrected chi connectivity index (χ1v) is 5.23. The molecule has 0 saturated heterocycles. The van der Waals surface area contributed by atoms with Crippen LogP contribution in [0.2, 0.25) is 0 Å². The lowest BCUT2D eigenvalue weighted by atomic mass is 10.2. The van der Waals surface area contributed by atoms with Gasteiger partial charge in [0.25, 0.3) is 0 Å². The molecule has 0 bridgehead atoms. The summed E-state index contributed by atoms with van der Waals surface area (Å²) in [6, 6.07) is 0. The molecule has 0 aliphatic carbocycles. The maximum atomic E-state index is 5.89. The summed E-state index contributed by atoms with van der Waals surface area (Å²) in [7, 11) is 0. The Hall–Kier alpha value is 1.16. The predicted octanol–water partition coefficient (Wildman–Crippen LogP) is 4.54. The second kappa shape index (κ2) is 5.75. The van der Waals surface area contributed by atoms with Gasteiger partial charge in [-0.2, -0.15) is 0 Å². The standard InChI is InChI=1S/C7H12Cl4/c1-2-3-4-6(8)5-7(9,10)11/h6H,2-5H2,1H3/t6-/m0/s1. The van der Waals surface area contributed by atoms with E-state index in [0.717, 1.165) is 19.3 Å². The van der Waals surface area contributed by atoms with Crippen LogP contribution in [-0.2, 0) is 0 Å². The van der Waals surface area contributed by atoms with E-state index < -0.39 is 3.79 Å². The quantitative estimate of drug-likeness (QED) is 0.630. The number of halogens is 4.